The molecule has 1 N–H and O–H groups in total. The summed E-state index contributed by atoms with van der Waals surface area (Å²) in [6, 6.07) is 3.91. The number of methoxy groups -OCH3 is 1. The third-order valence-electron chi connectivity index (χ3n) is 1.15. The van der Waals surface area contributed by atoms with Crippen LogP contribution < -0.4 is 56.1 Å². The third kappa shape index (κ3) is 3.09. The zero-order valence-corrected chi connectivity index (χ0v) is 9.64. The van der Waals surface area contributed by atoms with Crippen molar-refractivity contribution in [1.82, 2.24) is 0 Å². The Morgan fingerprint density at radius 1 is 1.45 bits per heavy atom. The van der Waals surface area contributed by atoms with Gasteiger partial charge in [-0.25, -0.2) is 4.39 Å². The van der Waals surface area contributed by atoms with Crippen LogP contribution in [0.1, 0.15) is 0 Å². The molecule has 11 heavy (non-hydrogen) atoms. The summed E-state index contributed by atoms with van der Waals surface area (Å²) < 4.78 is 17.2. The fourth-order valence-corrected chi connectivity index (χ4v) is 0.660. The van der Waals surface area contributed by atoms with Crippen molar-refractivity contribution in [3.05, 3.63) is 29.7 Å². The fourth-order valence-electron chi connectivity index (χ4n) is 0.660. The van der Waals surface area contributed by atoms with Crippen LogP contribution in [0.4, 0.5) is 10.1 Å². The fraction of sp³-hybridized carbons (Fsp3) is 0.143. The van der Waals surface area contributed by atoms with Crippen molar-refractivity contribution >= 4 is 5.69 Å². The Morgan fingerprint density at radius 3 is 2.55 bits per heavy atom. The van der Waals surface area contributed by atoms with Crippen LogP contribution in [0.25, 0.3) is 5.73 Å². The summed E-state index contributed by atoms with van der Waals surface area (Å²) in [7, 11) is 1.37. The van der Waals surface area contributed by atoms with Crippen molar-refractivity contribution < 1.29 is 60.5 Å². The molecular weight excluding hydrogens is 172 g/mol. The van der Waals surface area contributed by atoms with Crippen LogP contribution in [0.3, 0.4) is 0 Å². The smallest absolute Gasteiger partial charge is 0.699 e. The van der Waals surface area contributed by atoms with Gasteiger partial charge in [0.05, 0.1) is 7.11 Å². The summed E-state index contributed by atoms with van der Waals surface area (Å²) in [6.45, 7) is 0. The first-order valence-corrected chi connectivity index (χ1v) is 2.79. The van der Waals surface area contributed by atoms with Gasteiger partial charge < -0.3 is 10.5 Å². The molecule has 54 valence electrons. The van der Waals surface area contributed by atoms with Gasteiger partial charge in [0.1, 0.15) is 0 Å². The summed E-state index contributed by atoms with van der Waals surface area (Å²) in [4.78, 5) is 0. The van der Waals surface area contributed by atoms with Gasteiger partial charge in [-0.2, -0.15) is 0 Å². The molecule has 2 nitrogen and oxygen atoms in total. The molecule has 1 rings (SSSR count). The largest absolute Gasteiger partial charge is 1.00 e. The molecule has 0 fully saturated rings. The minimum atomic E-state index is -0.432. The zero-order valence-electron chi connectivity index (χ0n) is 6.52. The Bertz CT molecular complexity index is 242. The first kappa shape index (κ1) is 11.4. The Morgan fingerprint density at radius 2 is 2.09 bits per heavy atom. The van der Waals surface area contributed by atoms with Gasteiger partial charge in [0.15, 0.2) is 11.6 Å². The maximum absolute atomic E-state index is 12.6. The van der Waals surface area contributed by atoms with Crippen LogP contribution in [0.2, 0.25) is 0 Å². The van der Waals surface area contributed by atoms with Crippen molar-refractivity contribution in [1.29, 1.82) is 0 Å². The molecule has 0 heterocycles. The molecule has 0 saturated carbocycles. The first-order chi connectivity index (χ1) is 4.74. The van der Waals surface area contributed by atoms with Crippen molar-refractivity contribution in [2.24, 2.45) is 0 Å². The summed E-state index contributed by atoms with van der Waals surface area (Å²) in [6.07, 6.45) is 0. The van der Waals surface area contributed by atoms with E-state index in [1.165, 1.54) is 25.3 Å². The molecule has 0 aliphatic carbocycles. The molecule has 0 spiro atoms. The van der Waals surface area contributed by atoms with E-state index in [0.717, 1.165) is 0 Å². The van der Waals surface area contributed by atoms with E-state index in [2.05, 4.69) is 4.74 Å². The van der Waals surface area contributed by atoms with Gasteiger partial charge in [0, 0.05) is 0 Å². The van der Waals surface area contributed by atoms with Crippen LogP contribution in [0, 0.1) is 5.82 Å². The van der Waals surface area contributed by atoms with Crippen LogP contribution >= 0.6 is 0 Å². The number of hydrogen-bond acceptors (Lipinski definition) is 1. The minimum absolute atomic E-state index is 0. The van der Waals surface area contributed by atoms with Gasteiger partial charge in [-0.05, 0) is 12.1 Å². The number of halogens is 1. The summed E-state index contributed by atoms with van der Waals surface area (Å²) in [5.41, 5.74) is 7.34. The molecule has 0 aromatic heterocycles. The van der Waals surface area contributed by atoms with E-state index in [0.29, 0.717) is 0 Å². The second kappa shape index (κ2) is 5.11. The Balaban J connectivity index is 0.000001000. The summed E-state index contributed by atoms with van der Waals surface area (Å²) >= 11 is 0. The molecule has 4 heteroatoms. The van der Waals surface area contributed by atoms with Crippen LogP contribution in [-0.4, -0.2) is 7.11 Å². The van der Waals surface area contributed by atoms with E-state index in [1.54, 1.807) is 0 Å². The van der Waals surface area contributed by atoms with Crippen molar-refractivity contribution in [2.45, 2.75) is 0 Å². The number of benzene rings is 1. The van der Waals surface area contributed by atoms with Crippen LogP contribution in [0.5, 0.6) is 5.75 Å². The Labute approximate surface area is 107 Å². The van der Waals surface area contributed by atoms with Gasteiger partial charge in [0.2, 0.25) is 0 Å². The Hall–Kier alpha value is 0.386. The van der Waals surface area contributed by atoms with E-state index in [1.807, 2.05) is 0 Å². The predicted molar refractivity (Wildman–Crippen MR) is 36.9 cm³/mol. The van der Waals surface area contributed by atoms with Gasteiger partial charge in [0.25, 0.3) is 0 Å². The number of hydrogen-bond donors (Lipinski definition) is 0. The average Bonchev–Trinajstić information content (AvgIpc) is 1.94. The predicted octanol–water partition coefficient (Wildman–Crippen LogP) is -0.478. The molecule has 0 bridgehead atoms. The number of rotatable bonds is 1. The van der Waals surface area contributed by atoms with E-state index in [9.17, 15) is 4.39 Å². The SMILES string of the molecule is COc1cc([NH-])ccc1F.[K+]. The van der Waals surface area contributed by atoms with Crippen molar-refractivity contribution in [3.63, 3.8) is 0 Å². The normalized spacial score (nSPS) is 8.55. The Kier molecular flexibility index (Phi) is 5.29. The van der Waals surface area contributed by atoms with Gasteiger partial charge >= 0.3 is 51.4 Å². The molecule has 0 aliphatic heterocycles. The maximum Gasteiger partial charge on any atom is 1.00 e. The van der Waals surface area contributed by atoms with Crippen molar-refractivity contribution in [2.75, 3.05) is 7.11 Å². The molecule has 0 aliphatic rings. The molecule has 1 aromatic carbocycles. The quantitative estimate of drug-likeness (QED) is 0.536. The number of nitrogens with one attached hydrogen (secondary N) is 1. The molecular formula is C7H7FKNO. The van der Waals surface area contributed by atoms with Gasteiger partial charge in [-0.15, -0.1) is 5.69 Å². The standard InChI is InChI=1S/C7H7FNO.K/c1-10-7-4-5(9)2-3-6(7)8;/h2-4,9H,1H3;/q-1;+1. The minimum Gasteiger partial charge on any atom is -0.699 e. The van der Waals surface area contributed by atoms with Crippen LogP contribution in [-0.2, 0) is 0 Å². The average molecular weight is 179 g/mol. The third-order valence-corrected chi connectivity index (χ3v) is 1.15. The topological polar surface area (TPSA) is 33.0 Å². The zero-order chi connectivity index (χ0) is 7.56. The first-order valence-electron chi connectivity index (χ1n) is 2.79. The molecule has 0 atom stereocenters. The second-order valence-electron chi connectivity index (χ2n) is 1.85. The molecule has 0 amide bonds. The number of ether oxygens (including phenoxy) is 1. The van der Waals surface area contributed by atoms with Gasteiger partial charge in [-0.3, -0.25) is 0 Å². The van der Waals surface area contributed by atoms with Crippen molar-refractivity contribution in [3.8, 4) is 5.75 Å². The maximum atomic E-state index is 12.6. The molecule has 1 aromatic rings. The molecule has 0 radical (unpaired) electrons. The van der Waals surface area contributed by atoms with Crippen LogP contribution in [0.15, 0.2) is 18.2 Å². The summed E-state index contributed by atoms with van der Waals surface area (Å²) in [5, 5.41) is 0. The van der Waals surface area contributed by atoms with Gasteiger partial charge in [-0.1, -0.05) is 6.07 Å². The van der Waals surface area contributed by atoms with E-state index in [4.69, 9.17) is 5.73 Å². The monoisotopic (exact) mass is 179 g/mol. The summed E-state index contributed by atoms with van der Waals surface area (Å²) in [5.74, 6) is -0.314. The second-order valence-corrected chi connectivity index (χ2v) is 1.85. The van der Waals surface area contributed by atoms with E-state index in [-0.39, 0.29) is 62.8 Å². The van der Waals surface area contributed by atoms with E-state index < -0.39 is 5.82 Å². The molecule has 0 unspecified atom stereocenters. The van der Waals surface area contributed by atoms with E-state index >= 15 is 0 Å². The molecule has 0 saturated heterocycles.